The lowest BCUT2D eigenvalue weighted by Crippen LogP contribution is -2.65. The molecule has 4 atom stereocenters. The monoisotopic (exact) mass is 372 g/mol. The Morgan fingerprint density at radius 2 is 1.89 bits per heavy atom. The third-order valence-electron chi connectivity index (χ3n) is 6.10. The molecule has 1 aliphatic carbocycles. The number of fused-ring (bicyclic) bond motifs is 2. The van der Waals surface area contributed by atoms with Gasteiger partial charge in [0.15, 0.2) is 0 Å². The van der Waals surface area contributed by atoms with E-state index < -0.39 is 5.60 Å². The van der Waals surface area contributed by atoms with Crippen LogP contribution in [0.3, 0.4) is 0 Å². The maximum Gasteiger partial charge on any atom is 0.410 e. The smallest absolute Gasteiger partial charge is 0.410 e. The fourth-order valence-electron chi connectivity index (χ4n) is 4.81. The van der Waals surface area contributed by atoms with Crippen molar-refractivity contribution in [3.8, 4) is 0 Å². The van der Waals surface area contributed by atoms with Gasteiger partial charge in [0.1, 0.15) is 5.60 Å². The van der Waals surface area contributed by atoms with Crippen LogP contribution in [0.15, 0.2) is 30.3 Å². The van der Waals surface area contributed by atoms with Gasteiger partial charge in [-0.2, -0.15) is 0 Å². The van der Waals surface area contributed by atoms with Crippen molar-refractivity contribution in [2.24, 2.45) is 5.92 Å². The molecule has 0 aromatic heterocycles. The number of rotatable bonds is 4. The van der Waals surface area contributed by atoms with Gasteiger partial charge >= 0.3 is 6.09 Å². The SMILES string of the molecule is CC(C)(C)OC(=O)N1[C@H]2CC[C@H]1[C@@H]([C@@H](O)C1CC1)N(Cc1ccccc1)C2. The highest BCUT2D eigenvalue weighted by Gasteiger charge is 2.53. The number of carbonyl (C=O) groups excluding carboxylic acids is 1. The summed E-state index contributed by atoms with van der Waals surface area (Å²) >= 11 is 0. The van der Waals surface area contributed by atoms with Crippen molar-refractivity contribution in [2.75, 3.05) is 6.54 Å². The Morgan fingerprint density at radius 1 is 1.19 bits per heavy atom. The molecule has 0 unspecified atom stereocenters. The third-order valence-corrected chi connectivity index (χ3v) is 6.10. The zero-order valence-electron chi connectivity index (χ0n) is 16.7. The van der Waals surface area contributed by atoms with E-state index in [0.29, 0.717) is 5.92 Å². The summed E-state index contributed by atoms with van der Waals surface area (Å²) in [4.78, 5) is 17.3. The first kappa shape index (κ1) is 18.8. The normalized spacial score (nSPS) is 29.6. The van der Waals surface area contributed by atoms with E-state index in [0.717, 1.165) is 38.8 Å². The maximum absolute atomic E-state index is 12.9. The van der Waals surface area contributed by atoms with Crippen molar-refractivity contribution in [3.05, 3.63) is 35.9 Å². The van der Waals surface area contributed by atoms with Crippen LogP contribution in [0, 0.1) is 5.92 Å². The highest BCUT2D eigenvalue weighted by molar-refractivity contribution is 5.70. The number of piperazine rings is 1. The van der Waals surface area contributed by atoms with E-state index in [9.17, 15) is 9.90 Å². The number of carbonyl (C=O) groups is 1. The number of hydrogen-bond acceptors (Lipinski definition) is 4. The molecular weight excluding hydrogens is 340 g/mol. The van der Waals surface area contributed by atoms with Crippen molar-refractivity contribution >= 4 is 6.09 Å². The van der Waals surface area contributed by atoms with Crippen molar-refractivity contribution in [1.29, 1.82) is 0 Å². The Labute approximate surface area is 162 Å². The summed E-state index contributed by atoms with van der Waals surface area (Å²) in [7, 11) is 0. The lowest BCUT2D eigenvalue weighted by atomic mass is 9.93. The van der Waals surface area contributed by atoms with Crippen molar-refractivity contribution in [1.82, 2.24) is 9.80 Å². The molecule has 148 valence electrons. The lowest BCUT2D eigenvalue weighted by molar-refractivity contribution is -0.0629. The molecule has 0 radical (unpaired) electrons. The molecule has 1 aromatic rings. The van der Waals surface area contributed by atoms with E-state index in [-0.39, 0.29) is 30.3 Å². The highest BCUT2D eigenvalue weighted by atomic mass is 16.6. The zero-order valence-corrected chi connectivity index (χ0v) is 16.7. The molecule has 1 N–H and O–H groups in total. The lowest BCUT2D eigenvalue weighted by Gasteiger charge is -2.48. The largest absolute Gasteiger partial charge is 0.444 e. The molecule has 5 heteroatoms. The molecule has 2 heterocycles. The standard InChI is InChI=1S/C22H32N2O3/c1-22(2,3)27-21(26)24-17-11-12-18(24)19(20(25)16-9-10-16)23(14-17)13-15-7-5-4-6-8-15/h4-8,16-20,25H,9-14H2,1-3H3/t17-,18-,19-,20-/m0/s1. The van der Waals surface area contributed by atoms with Crippen LogP contribution >= 0.6 is 0 Å². The molecule has 1 aromatic carbocycles. The first-order valence-corrected chi connectivity index (χ1v) is 10.3. The Balaban J connectivity index is 1.57. The number of ether oxygens (including phenoxy) is 1. The Bertz CT molecular complexity index is 668. The second-order valence-electron chi connectivity index (χ2n) is 9.42. The molecule has 1 amide bonds. The summed E-state index contributed by atoms with van der Waals surface area (Å²) in [5.41, 5.74) is 0.762. The predicted molar refractivity (Wildman–Crippen MR) is 104 cm³/mol. The molecule has 0 spiro atoms. The number of aliphatic hydroxyl groups excluding tert-OH is 1. The van der Waals surface area contributed by atoms with Crippen LogP contribution in [-0.4, -0.2) is 57.4 Å². The summed E-state index contributed by atoms with van der Waals surface area (Å²) in [6, 6.07) is 10.6. The fraction of sp³-hybridized carbons (Fsp3) is 0.682. The third kappa shape index (κ3) is 3.99. The van der Waals surface area contributed by atoms with E-state index in [1.54, 1.807) is 0 Å². The molecule has 2 bridgehead atoms. The quantitative estimate of drug-likeness (QED) is 0.880. The van der Waals surface area contributed by atoms with E-state index >= 15 is 0 Å². The molecular formula is C22H32N2O3. The minimum atomic E-state index is -0.498. The maximum atomic E-state index is 12.9. The van der Waals surface area contributed by atoms with Crippen LogP contribution in [0.2, 0.25) is 0 Å². The average molecular weight is 373 g/mol. The van der Waals surface area contributed by atoms with Crippen molar-refractivity contribution in [3.63, 3.8) is 0 Å². The van der Waals surface area contributed by atoms with E-state index in [1.807, 2.05) is 31.7 Å². The van der Waals surface area contributed by atoms with Crippen LogP contribution in [0.1, 0.15) is 52.0 Å². The summed E-state index contributed by atoms with van der Waals surface area (Å²) < 4.78 is 5.70. The molecule has 3 fully saturated rings. The van der Waals surface area contributed by atoms with Gasteiger partial charge in [-0.1, -0.05) is 30.3 Å². The topological polar surface area (TPSA) is 53.0 Å². The van der Waals surface area contributed by atoms with Gasteiger partial charge < -0.3 is 9.84 Å². The number of benzene rings is 1. The van der Waals surface area contributed by atoms with Gasteiger partial charge in [0.25, 0.3) is 0 Å². The fourth-order valence-corrected chi connectivity index (χ4v) is 4.81. The highest BCUT2D eigenvalue weighted by Crippen LogP contribution is 2.43. The second kappa shape index (κ2) is 7.10. The van der Waals surface area contributed by atoms with Crippen LogP contribution in [-0.2, 0) is 11.3 Å². The molecule has 2 aliphatic heterocycles. The first-order valence-electron chi connectivity index (χ1n) is 10.3. The summed E-state index contributed by atoms with van der Waals surface area (Å²) in [5, 5.41) is 11.1. The summed E-state index contributed by atoms with van der Waals surface area (Å²) in [6.45, 7) is 7.36. The Morgan fingerprint density at radius 3 is 2.52 bits per heavy atom. The van der Waals surface area contributed by atoms with E-state index in [1.165, 1.54) is 5.56 Å². The average Bonchev–Trinajstić information content (AvgIpc) is 3.39. The van der Waals surface area contributed by atoms with E-state index in [4.69, 9.17) is 4.74 Å². The minimum Gasteiger partial charge on any atom is -0.444 e. The molecule has 4 rings (SSSR count). The number of likely N-dealkylation sites (tertiary alicyclic amines) is 1. The first-order chi connectivity index (χ1) is 12.8. The van der Waals surface area contributed by atoms with E-state index in [2.05, 4.69) is 29.2 Å². The van der Waals surface area contributed by atoms with Gasteiger partial charge in [-0.3, -0.25) is 9.80 Å². The molecule has 3 aliphatic rings. The molecule has 5 nitrogen and oxygen atoms in total. The zero-order chi connectivity index (χ0) is 19.2. The van der Waals surface area contributed by atoms with Gasteiger partial charge in [0.2, 0.25) is 0 Å². The molecule has 27 heavy (non-hydrogen) atoms. The number of hydrogen-bond donors (Lipinski definition) is 1. The minimum absolute atomic E-state index is 0.0102. The van der Waals surface area contributed by atoms with Crippen molar-refractivity contribution in [2.45, 2.75) is 82.8 Å². The van der Waals surface area contributed by atoms with Gasteiger partial charge in [0.05, 0.1) is 18.2 Å². The van der Waals surface area contributed by atoms with Crippen LogP contribution in [0.4, 0.5) is 4.79 Å². The molecule has 2 saturated heterocycles. The summed E-state index contributed by atoms with van der Waals surface area (Å²) in [5.74, 6) is 0.380. The predicted octanol–water partition coefficient (Wildman–Crippen LogP) is 3.41. The Hall–Kier alpha value is -1.59. The van der Waals surface area contributed by atoms with Gasteiger partial charge in [-0.25, -0.2) is 4.79 Å². The van der Waals surface area contributed by atoms with Gasteiger partial charge in [-0.05, 0) is 57.9 Å². The number of nitrogens with zero attached hydrogens (tertiary/aromatic N) is 2. The van der Waals surface area contributed by atoms with Crippen LogP contribution < -0.4 is 0 Å². The van der Waals surface area contributed by atoms with Gasteiger partial charge in [0, 0.05) is 19.1 Å². The molecule has 1 saturated carbocycles. The number of amides is 1. The van der Waals surface area contributed by atoms with Crippen molar-refractivity contribution < 1.29 is 14.6 Å². The summed E-state index contributed by atoms with van der Waals surface area (Å²) in [6.07, 6.45) is 3.54. The van der Waals surface area contributed by atoms with Gasteiger partial charge in [-0.15, -0.1) is 0 Å². The second-order valence-corrected chi connectivity index (χ2v) is 9.42. The number of aliphatic hydroxyl groups is 1. The Kier molecular flexibility index (Phi) is 4.93. The van der Waals surface area contributed by atoms with Crippen LogP contribution in [0.5, 0.6) is 0 Å². The van der Waals surface area contributed by atoms with Crippen LogP contribution in [0.25, 0.3) is 0 Å².